The highest BCUT2D eigenvalue weighted by Gasteiger charge is 2.43. The number of isothiocyanates is 1. The molecule has 7 heteroatoms. The van der Waals surface area contributed by atoms with E-state index in [1.54, 1.807) is 19.1 Å². The van der Waals surface area contributed by atoms with Gasteiger partial charge in [-0.25, -0.2) is 0 Å². The number of ether oxygens (including phenoxy) is 2. The van der Waals surface area contributed by atoms with Crippen LogP contribution >= 0.6 is 12.2 Å². The van der Waals surface area contributed by atoms with Crippen molar-refractivity contribution in [3.05, 3.63) is 35.9 Å². The quantitative estimate of drug-likeness (QED) is 0.558. The molecule has 6 nitrogen and oxygen atoms in total. The van der Waals surface area contributed by atoms with Crippen LogP contribution in [-0.2, 0) is 9.47 Å². The predicted octanol–water partition coefficient (Wildman–Crippen LogP) is 0.632. The number of nitrogens with zero attached hydrogens (tertiary/aromatic N) is 1. The molecular weight excluding hydrogens is 294 g/mol. The van der Waals surface area contributed by atoms with Gasteiger partial charge < -0.3 is 24.8 Å². The second-order valence-electron chi connectivity index (χ2n) is 4.80. The molecule has 2 rings (SSSR count). The number of aliphatic hydroxyl groups excluding tert-OH is 3. The van der Waals surface area contributed by atoms with Gasteiger partial charge in [0, 0.05) is 5.56 Å². The molecule has 0 aliphatic carbocycles. The maximum absolute atomic E-state index is 9.94. The van der Waals surface area contributed by atoms with Crippen LogP contribution < -0.4 is 0 Å². The van der Waals surface area contributed by atoms with E-state index in [9.17, 15) is 15.3 Å². The molecule has 0 amide bonds. The highest BCUT2D eigenvalue weighted by atomic mass is 32.1. The summed E-state index contributed by atoms with van der Waals surface area (Å²) in [4.78, 5) is 3.90. The van der Waals surface area contributed by atoms with Gasteiger partial charge in [0.2, 0.25) is 0 Å². The fourth-order valence-corrected chi connectivity index (χ4v) is 2.20. The summed E-state index contributed by atoms with van der Waals surface area (Å²) in [6.07, 6.45) is -6.53. The lowest BCUT2D eigenvalue weighted by Crippen LogP contribution is -2.57. The Kier molecular flexibility index (Phi) is 5.55. The fraction of sp³-hybridized carbons (Fsp3) is 0.500. The molecule has 1 aliphatic rings. The van der Waals surface area contributed by atoms with Gasteiger partial charge in [-0.1, -0.05) is 30.3 Å². The molecule has 0 spiro atoms. The molecule has 6 atom stereocenters. The summed E-state index contributed by atoms with van der Waals surface area (Å²) in [6, 6.07) is 9.03. The normalized spacial score (nSPS) is 34.0. The van der Waals surface area contributed by atoms with E-state index in [4.69, 9.17) is 9.47 Å². The van der Waals surface area contributed by atoms with Crippen LogP contribution in [-0.4, -0.2) is 51.2 Å². The Bertz CT molecular complexity index is 507. The van der Waals surface area contributed by atoms with Crippen molar-refractivity contribution in [3.63, 3.8) is 0 Å². The van der Waals surface area contributed by atoms with E-state index in [2.05, 4.69) is 22.4 Å². The third-order valence-electron chi connectivity index (χ3n) is 3.33. The van der Waals surface area contributed by atoms with Crippen molar-refractivity contribution in [2.45, 2.75) is 43.9 Å². The first-order chi connectivity index (χ1) is 10.0. The van der Waals surface area contributed by atoms with Gasteiger partial charge in [0.1, 0.15) is 18.3 Å². The zero-order chi connectivity index (χ0) is 15.4. The minimum atomic E-state index is -1.39. The zero-order valence-electron chi connectivity index (χ0n) is 11.4. The first-order valence-electron chi connectivity index (χ1n) is 6.51. The predicted molar refractivity (Wildman–Crippen MR) is 77.6 cm³/mol. The second-order valence-corrected chi connectivity index (χ2v) is 4.98. The SMILES string of the molecule is C[C@@H]1O[C@@H](OC(N=C=S)c2ccccc2)[C@H](O)[C@H](O)[C@H]1O. The minimum Gasteiger partial charge on any atom is -0.388 e. The molecule has 114 valence electrons. The van der Waals surface area contributed by atoms with Crippen molar-refractivity contribution in [3.8, 4) is 0 Å². The molecule has 0 saturated carbocycles. The van der Waals surface area contributed by atoms with Gasteiger partial charge in [-0.15, -0.1) is 0 Å². The molecule has 1 aliphatic heterocycles. The molecule has 1 saturated heterocycles. The summed E-state index contributed by atoms with van der Waals surface area (Å²) in [5.74, 6) is 0. The Morgan fingerprint density at radius 2 is 1.86 bits per heavy atom. The van der Waals surface area contributed by atoms with E-state index >= 15 is 0 Å². The van der Waals surface area contributed by atoms with E-state index in [0.29, 0.717) is 5.56 Å². The van der Waals surface area contributed by atoms with Gasteiger partial charge in [-0.05, 0) is 19.1 Å². The van der Waals surface area contributed by atoms with Crippen LogP contribution in [0.5, 0.6) is 0 Å². The lowest BCUT2D eigenvalue weighted by molar-refractivity contribution is -0.304. The highest BCUT2D eigenvalue weighted by molar-refractivity contribution is 7.78. The molecule has 1 aromatic rings. The maximum Gasteiger partial charge on any atom is 0.189 e. The molecule has 21 heavy (non-hydrogen) atoms. The third kappa shape index (κ3) is 3.72. The topological polar surface area (TPSA) is 91.5 Å². The summed E-state index contributed by atoms with van der Waals surface area (Å²) < 4.78 is 11.0. The van der Waals surface area contributed by atoms with Crippen LogP contribution in [0.25, 0.3) is 0 Å². The summed E-state index contributed by atoms with van der Waals surface area (Å²) in [5, 5.41) is 31.6. The standard InChI is InChI=1S/C14H17NO5S/c1-8-10(16)11(17)12(18)14(19-8)20-13(15-7-21)9-5-3-2-4-6-9/h2-6,8,10-14,16-18H,1H3/t8-,10-,11+,12+,13?,14-/m0/s1. The van der Waals surface area contributed by atoms with Crippen LogP contribution in [0.4, 0.5) is 0 Å². The molecular formula is C14H17NO5S. The van der Waals surface area contributed by atoms with Crippen molar-refractivity contribution in [1.82, 2.24) is 0 Å². The van der Waals surface area contributed by atoms with Gasteiger partial charge in [0.15, 0.2) is 12.5 Å². The van der Waals surface area contributed by atoms with Gasteiger partial charge >= 0.3 is 0 Å². The van der Waals surface area contributed by atoms with Crippen LogP contribution in [0.15, 0.2) is 35.3 Å². The number of rotatable bonds is 4. The van der Waals surface area contributed by atoms with E-state index in [1.807, 2.05) is 18.2 Å². The van der Waals surface area contributed by atoms with Crippen molar-refractivity contribution < 1.29 is 24.8 Å². The summed E-state index contributed by atoms with van der Waals surface area (Å²) in [5.41, 5.74) is 0.707. The molecule has 1 aromatic carbocycles. The average Bonchev–Trinajstić information content (AvgIpc) is 2.50. The molecule has 0 radical (unpaired) electrons. The average molecular weight is 311 g/mol. The lowest BCUT2D eigenvalue weighted by Gasteiger charge is -2.39. The third-order valence-corrected chi connectivity index (χ3v) is 3.43. The summed E-state index contributed by atoms with van der Waals surface area (Å²) in [7, 11) is 0. The molecule has 1 fully saturated rings. The Morgan fingerprint density at radius 3 is 2.48 bits per heavy atom. The molecule has 1 heterocycles. The van der Waals surface area contributed by atoms with Crippen LogP contribution in [0.3, 0.4) is 0 Å². The number of aliphatic imine (C=N–C) groups is 1. The van der Waals surface area contributed by atoms with Crippen LogP contribution in [0, 0.1) is 0 Å². The first-order valence-corrected chi connectivity index (χ1v) is 6.92. The van der Waals surface area contributed by atoms with Gasteiger partial charge in [-0.2, -0.15) is 4.99 Å². The molecule has 0 aromatic heterocycles. The summed E-state index contributed by atoms with van der Waals surface area (Å²) >= 11 is 4.60. The van der Waals surface area contributed by atoms with Crippen molar-refractivity contribution >= 4 is 17.4 Å². The molecule has 1 unspecified atom stereocenters. The maximum atomic E-state index is 9.94. The number of thiocarbonyl (C=S) groups is 1. The van der Waals surface area contributed by atoms with E-state index in [1.165, 1.54) is 0 Å². The monoisotopic (exact) mass is 311 g/mol. The highest BCUT2D eigenvalue weighted by Crippen LogP contribution is 2.27. The Morgan fingerprint density at radius 1 is 1.19 bits per heavy atom. The Balaban J connectivity index is 2.15. The number of hydrogen-bond donors (Lipinski definition) is 3. The summed E-state index contributed by atoms with van der Waals surface area (Å²) in [6.45, 7) is 1.58. The van der Waals surface area contributed by atoms with Gasteiger partial charge in [0.25, 0.3) is 0 Å². The number of aliphatic hydroxyl groups is 3. The van der Waals surface area contributed by atoms with E-state index in [0.717, 1.165) is 0 Å². The van der Waals surface area contributed by atoms with E-state index < -0.39 is 36.9 Å². The smallest absolute Gasteiger partial charge is 0.189 e. The van der Waals surface area contributed by atoms with Crippen molar-refractivity contribution in [2.24, 2.45) is 4.99 Å². The van der Waals surface area contributed by atoms with E-state index in [-0.39, 0.29) is 0 Å². The molecule has 0 bridgehead atoms. The first kappa shape index (κ1) is 16.2. The Labute approximate surface area is 127 Å². The zero-order valence-corrected chi connectivity index (χ0v) is 12.2. The second kappa shape index (κ2) is 7.20. The lowest BCUT2D eigenvalue weighted by atomic mass is 10.00. The molecule has 3 N–H and O–H groups in total. The number of hydrogen-bond acceptors (Lipinski definition) is 7. The van der Waals surface area contributed by atoms with Gasteiger partial charge in [0.05, 0.1) is 11.3 Å². The van der Waals surface area contributed by atoms with Crippen LogP contribution in [0.2, 0.25) is 0 Å². The van der Waals surface area contributed by atoms with Crippen molar-refractivity contribution in [1.29, 1.82) is 0 Å². The van der Waals surface area contributed by atoms with Crippen molar-refractivity contribution in [2.75, 3.05) is 0 Å². The minimum absolute atomic E-state index is 0.679. The van der Waals surface area contributed by atoms with Gasteiger partial charge in [-0.3, -0.25) is 0 Å². The number of benzene rings is 1. The largest absolute Gasteiger partial charge is 0.388 e. The van der Waals surface area contributed by atoms with Crippen LogP contribution in [0.1, 0.15) is 18.7 Å². The Hall–Kier alpha value is -1.18. The fourth-order valence-electron chi connectivity index (χ4n) is 2.10.